The summed E-state index contributed by atoms with van der Waals surface area (Å²) >= 11 is 0. The van der Waals surface area contributed by atoms with E-state index in [1.165, 1.54) is 0 Å². The Hall–Kier alpha value is -1.69. The van der Waals surface area contributed by atoms with Crippen molar-refractivity contribution in [2.75, 3.05) is 11.0 Å². The molecule has 0 spiro atoms. The van der Waals surface area contributed by atoms with E-state index in [1.807, 2.05) is 18.2 Å². The van der Waals surface area contributed by atoms with Gasteiger partial charge in [-0.05, 0) is 19.1 Å². The molecule has 6 heteroatoms. The first-order valence-electron chi connectivity index (χ1n) is 4.67. The number of nitrogens with one attached hydrogen (secondary N) is 1. The third-order valence-electron chi connectivity index (χ3n) is 2.03. The van der Waals surface area contributed by atoms with Gasteiger partial charge in [0.05, 0.1) is 23.0 Å². The second-order valence-corrected chi connectivity index (χ2v) is 5.27. The molecule has 84 valence electrons. The molecule has 0 aliphatic carbocycles. The molecule has 0 fully saturated rings. The molecule has 0 bridgehead atoms. The van der Waals surface area contributed by atoms with Crippen molar-refractivity contribution in [1.82, 2.24) is 9.97 Å². The molecule has 1 aromatic heterocycles. The van der Waals surface area contributed by atoms with Crippen LogP contribution in [0.4, 0.5) is 5.82 Å². The first-order valence-corrected chi connectivity index (χ1v) is 6.56. The zero-order valence-electron chi connectivity index (χ0n) is 8.93. The van der Waals surface area contributed by atoms with Crippen molar-refractivity contribution in [2.45, 2.75) is 6.92 Å². The number of nitrogens with zero attached hydrogens (tertiary/aromatic N) is 2. The molecule has 2 rings (SSSR count). The summed E-state index contributed by atoms with van der Waals surface area (Å²) in [5, 5.41) is 0. The van der Waals surface area contributed by atoms with Crippen molar-refractivity contribution >= 4 is 26.9 Å². The molecule has 0 atom stereocenters. The number of para-hydroxylation sites is 2. The molecule has 1 N–H and O–H groups in total. The Morgan fingerprint density at radius 2 is 1.69 bits per heavy atom. The average molecular weight is 237 g/mol. The highest BCUT2D eigenvalue weighted by atomic mass is 32.2. The lowest BCUT2D eigenvalue weighted by Gasteiger charge is -2.07. The molecule has 5 nitrogen and oxygen atoms in total. The van der Waals surface area contributed by atoms with E-state index in [4.69, 9.17) is 0 Å². The maximum atomic E-state index is 11.1. The summed E-state index contributed by atoms with van der Waals surface area (Å²) in [5.74, 6) is 0.279. The summed E-state index contributed by atoms with van der Waals surface area (Å²) in [7, 11) is -3.32. The molecule has 0 aliphatic heterocycles. The van der Waals surface area contributed by atoms with Gasteiger partial charge in [-0.1, -0.05) is 12.1 Å². The van der Waals surface area contributed by atoms with Gasteiger partial charge in [-0.15, -0.1) is 0 Å². The Kier molecular flexibility index (Phi) is 2.51. The maximum absolute atomic E-state index is 11.1. The first-order chi connectivity index (χ1) is 7.46. The zero-order chi connectivity index (χ0) is 11.8. The molecule has 2 aromatic rings. The van der Waals surface area contributed by atoms with E-state index < -0.39 is 10.0 Å². The fourth-order valence-corrected chi connectivity index (χ4v) is 1.91. The zero-order valence-corrected chi connectivity index (χ0v) is 9.75. The Morgan fingerprint density at radius 3 is 2.25 bits per heavy atom. The van der Waals surface area contributed by atoms with Crippen LogP contribution in [-0.2, 0) is 10.0 Å². The predicted molar refractivity (Wildman–Crippen MR) is 62.7 cm³/mol. The van der Waals surface area contributed by atoms with Gasteiger partial charge >= 0.3 is 0 Å². The molecular weight excluding hydrogens is 226 g/mol. The molecule has 0 saturated carbocycles. The second kappa shape index (κ2) is 3.71. The number of anilines is 1. The van der Waals surface area contributed by atoms with E-state index in [1.54, 1.807) is 13.0 Å². The highest BCUT2D eigenvalue weighted by molar-refractivity contribution is 7.92. The van der Waals surface area contributed by atoms with Crippen molar-refractivity contribution in [3.05, 3.63) is 30.0 Å². The van der Waals surface area contributed by atoms with Gasteiger partial charge in [0.15, 0.2) is 5.82 Å². The quantitative estimate of drug-likeness (QED) is 0.854. The van der Waals surface area contributed by atoms with Crippen LogP contribution in [0.25, 0.3) is 11.0 Å². The lowest BCUT2D eigenvalue weighted by atomic mass is 10.3. The molecule has 0 radical (unpaired) electrons. The second-order valence-electron chi connectivity index (χ2n) is 3.52. The van der Waals surface area contributed by atoms with Crippen molar-refractivity contribution in [3.63, 3.8) is 0 Å². The van der Waals surface area contributed by atoms with Crippen LogP contribution in [0.15, 0.2) is 24.3 Å². The number of sulfonamides is 1. The number of benzene rings is 1. The molecule has 16 heavy (non-hydrogen) atoms. The van der Waals surface area contributed by atoms with E-state index in [0.717, 1.165) is 11.8 Å². The molecule has 0 unspecified atom stereocenters. The topological polar surface area (TPSA) is 72.0 Å². The summed E-state index contributed by atoms with van der Waals surface area (Å²) < 4.78 is 24.6. The standard InChI is InChI=1S/C10H11N3O2S/c1-7-10(13-16(2,14)15)12-9-6-4-3-5-8(9)11-7/h3-6H,1-2H3,(H,12,13). The summed E-state index contributed by atoms with van der Waals surface area (Å²) in [4.78, 5) is 8.48. The van der Waals surface area contributed by atoms with E-state index in [9.17, 15) is 8.42 Å². The molecule has 0 saturated heterocycles. The molecule has 1 aromatic carbocycles. The Bertz CT molecular complexity index is 638. The molecule has 0 aliphatic rings. The van der Waals surface area contributed by atoms with E-state index in [-0.39, 0.29) is 5.82 Å². The lowest BCUT2D eigenvalue weighted by Crippen LogP contribution is -2.12. The Labute approximate surface area is 93.6 Å². The van der Waals surface area contributed by atoms with Gasteiger partial charge in [0.1, 0.15) is 0 Å². The molecule has 1 heterocycles. The van der Waals surface area contributed by atoms with Crippen molar-refractivity contribution in [1.29, 1.82) is 0 Å². The summed E-state index contributed by atoms with van der Waals surface area (Å²) in [6.07, 6.45) is 1.09. The number of hydrogen-bond acceptors (Lipinski definition) is 4. The van der Waals surface area contributed by atoms with Crippen LogP contribution in [0, 0.1) is 6.92 Å². The van der Waals surface area contributed by atoms with Gasteiger partial charge in [0, 0.05) is 0 Å². The van der Waals surface area contributed by atoms with Gasteiger partial charge in [-0.2, -0.15) is 0 Å². The highest BCUT2D eigenvalue weighted by Gasteiger charge is 2.08. The fraction of sp³-hybridized carbons (Fsp3) is 0.200. The largest absolute Gasteiger partial charge is 0.266 e. The Morgan fingerprint density at radius 1 is 1.12 bits per heavy atom. The van der Waals surface area contributed by atoms with Crippen LogP contribution in [-0.4, -0.2) is 24.6 Å². The van der Waals surface area contributed by atoms with Gasteiger partial charge in [0.2, 0.25) is 10.0 Å². The first kappa shape index (κ1) is 10.8. The van der Waals surface area contributed by atoms with Gasteiger partial charge < -0.3 is 0 Å². The van der Waals surface area contributed by atoms with E-state index in [2.05, 4.69) is 14.7 Å². The van der Waals surface area contributed by atoms with Gasteiger partial charge in [-0.3, -0.25) is 4.72 Å². The van der Waals surface area contributed by atoms with Crippen molar-refractivity contribution in [3.8, 4) is 0 Å². The fourth-order valence-electron chi connectivity index (χ4n) is 1.36. The van der Waals surface area contributed by atoms with Crippen LogP contribution in [0.5, 0.6) is 0 Å². The SMILES string of the molecule is Cc1nc2ccccc2nc1NS(C)(=O)=O. The molecule has 0 amide bonds. The smallest absolute Gasteiger partial charge is 0.231 e. The summed E-state index contributed by atoms with van der Waals surface area (Å²) in [6.45, 7) is 1.72. The van der Waals surface area contributed by atoms with Crippen molar-refractivity contribution in [2.24, 2.45) is 0 Å². The van der Waals surface area contributed by atoms with Crippen molar-refractivity contribution < 1.29 is 8.42 Å². The average Bonchev–Trinajstić information content (AvgIpc) is 2.17. The van der Waals surface area contributed by atoms with Crippen LogP contribution in [0.3, 0.4) is 0 Å². The van der Waals surface area contributed by atoms with Crippen LogP contribution >= 0.6 is 0 Å². The van der Waals surface area contributed by atoms with Crippen LogP contribution in [0.2, 0.25) is 0 Å². The summed E-state index contributed by atoms with van der Waals surface area (Å²) in [5.41, 5.74) is 1.97. The number of aryl methyl sites for hydroxylation is 1. The lowest BCUT2D eigenvalue weighted by molar-refractivity contribution is 0.606. The number of aromatic nitrogens is 2. The minimum atomic E-state index is -3.32. The summed E-state index contributed by atoms with van der Waals surface area (Å²) in [6, 6.07) is 7.31. The number of fused-ring (bicyclic) bond motifs is 1. The van der Waals surface area contributed by atoms with Crippen LogP contribution in [0.1, 0.15) is 5.69 Å². The third-order valence-corrected chi connectivity index (χ3v) is 2.59. The number of rotatable bonds is 2. The van der Waals surface area contributed by atoms with Gasteiger partial charge in [0.25, 0.3) is 0 Å². The highest BCUT2D eigenvalue weighted by Crippen LogP contribution is 2.16. The van der Waals surface area contributed by atoms with Crippen LogP contribution < -0.4 is 4.72 Å². The predicted octanol–water partition coefficient (Wildman–Crippen LogP) is 1.31. The maximum Gasteiger partial charge on any atom is 0.231 e. The minimum Gasteiger partial charge on any atom is -0.266 e. The van der Waals surface area contributed by atoms with E-state index >= 15 is 0 Å². The third kappa shape index (κ3) is 2.27. The molecular formula is C10H11N3O2S. The monoisotopic (exact) mass is 237 g/mol. The Balaban J connectivity index is 2.58. The van der Waals surface area contributed by atoms with Gasteiger partial charge in [-0.25, -0.2) is 18.4 Å². The normalized spacial score (nSPS) is 11.6. The number of hydrogen-bond donors (Lipinski definition) is 1. The van der Waals surface area contributed by atoms with E-state index in [0.29, 0.717) is 11.2 Å². The minimum absolute atomic E-state index is 0.279.